The molecule has 8 N–H and O–H groups in total. The van der Waals surface area contributed by atoms with E-state index in [1.807, 2.05) is 104 Å². The van der Waals surface area contributed by atoms with Gasteiger partial charge in [-0.05, 0) is 228 Å². The molecule has 536 valence electrons. The van der Waals surface area contributed by atoms with Gasteiger partial charge in [0.25, 0.3) is 0 Å². The van der Waals surface area contributed by atoms with Crippen molar-refractivity contribution in [1.29, 1.82) is 0 Å². The minimum absolute atomic E-state index is 0.157. The molecule has 0 heterocycles. The number of benzene rings is 5. The molecule has 0 bridgehead atoms. The first-order valence-corrected chi connectivity index (χ1v) is 37.9. The van der Waals surface area contributed by atoms with E-state index in [-0.39, 0.29) is 24.4 Å². The molecule has 13 heteroatoms. The third kappa shape index (κ3) is 31.6. The summed E-state index contributed by atoms with van der Waals surface area (Å²) in [7, 11) is 0. The van der Waals surface area contributed by atoms with Crippen molar-refractivity contribution >= 4 is 5.69 Å². The van der Waals surface area contributed by atoms with Crippen molar-refractivity contribution in [2.75, 3.05) is 44.9 Å². The van der Waals surface area contributed by atoms with E-state index in [0.717, 1.165) is 217 Å². The fourth-order valence-electron chi connectivity index (χ4n) is 13.8. The van der Waals surface area contributed by atoms with Crippen molar-refractivity contribution in [3.63, 3.8) is 0 Å². The Kier molecular flexibility index (Phi) is 38.8. The van der Waals surface area contributed by atoms with Crippen molar-refractivity contribution in [3.8, 4) is 28.7 Å². The molecule has 0 spiro atoms. The Morgan fingerprint density at radius 3 is 0.927 bits per heavy atom. The van der Waals surface area contributed by atoms with Gasteiger partial charge in [-0.15, -0.1) is 0 Å². The number of ether oxygens (including phenoxy) is 5. The maximum absolute atomic E-state index is 10.0. The van der Waals surface area contributed by atoms with Crippen LogP contribution in [0.2, 0.25) is 0 Å². The summed E-state index contributed by atoms with van der Waals surface area (Å²) in [5, 5.41) is 72.2. The van der Waals surface area contributed by atoms with Gasteiger partial charge in [-0.2, -0.15) is 0 Å². The lowest BCUT2D eigenvalue weighted by molar-refractivity contribution is 0.0807. The van der Waals surface area contributed by atoms with E-state index in [0.29, 0.717) is 37.6 Å². The van der Waals surface area contributed by atoms with Gasteiger partial charge in [-0.1, -0.05) is 166 Å². The van der Waals surface area contributed by atoms with Gasteiger partial charge in [0.1, 0.15) is 28.7 Å². The van der Waals surface area contributed by atoms with E-state index >= 15 is 0 Å². The van der Waals surface area contributed by atoms with Crippen molar-refractivity contribution in [2.45, 2.75) is 270 Å². The van der Waals surface area contributed by atoms with Gasteiger partial charge in [0, 0.05) is 18.3 Å². The van der Waals surface area contributed by atoms with Gasteiger partial charge in [0.05, 0.1) is 75.8 Å². The zero-order valence-corrected chi connectivity index (χ0v) is 59.6. The van der Waals surface area contributed by atoms with Crippen molar-refractivity contribution < 1.29 is 59.4 Å². The summed E-state index contributed by atoms with van der Waals surface area (Å²) in [4.78, 5) is 0. The zero-order chi connectivity index (χ0) is 68.5. The molecule has 1 unspecified atom stereocenters. The van der Waals surface area contributed by atoms with Crippen LogP contribution in [0.5, 0.6) is 28.7 Å². The quantitative estimate of drug-likeness (QED) is 0.0225. The molecular weight excluding hydrogens is 1200 g/mol. The van der Waals surface area contributed by atoms with Crippen LogP contribution in [0.3, 0.4) is 0 Å². The van der Waals surface area contributed by atoms with Gasteiger partial charge in [-0.25, -0.2) is 0 Å². The first-order chi connectivity index (χ1) is 46.7. The molecule has 13 nitrogen and oxygen atoms in total. The average molecular weight is 1330 g/mol. The molecular formula is C83H127NO12. The van der Waals surface area contributed by atoms with E-state index in [9.17, 15) is 35.7 Å². The highest BCUT2D eigenvalue weighted by Gasteiger charge is 2.24. The van der Waals surface area contributed by atoms with Crippen LogP contribution in [-0.2, 0) is 0 Å². The summed E-state index contributed by atoms with van der Waals surface area (Å²) in [6, 6.07) is 39.4. The molecule has 0 radical (unpaired) electrons. The summed E-state index contributed by atoms with van der Waals surface area (Å²) >= 11 is 0. The topological polar surface area (TPSA) is 200 Å². The average Bonchev–Trinajstić information content (AvgIpc) is 2.18. The number of rotatable bonds is 29. The number of aliphatic hydroxyl groups is 7. The van der Waals surface area contributed by atoms with Gasteiger partial charge < -0.3 is 64.7 Å². The van der Waals surface area contributed by atoms with E-state index in [4.69, 9.17) is 23.7 Å². The Hall–Kier alpha value is -5.38. The van der Waals surface area contributed by atoms with Crippen LogP contribution < -0.4 is 29.0 Å². The van der Waals surface area contributed by atoms with Crippen LogP contribution in [0.25, 0.3) is 0 Å². The van der Waals surface area contributed by atoms with Crippen LogP contribution in [0.15, 0.2) is 121 Å². The first-order valence-electron chi connectivity index (χ1n) is 37.9. The fourth-order valence-corrected chi connectivity index (χ4v) is 13.8. The molecule has 10 rings (SSSR count). The Morgan fingerprint density at radius 1 is 0.333 bits per heavy atom. The largest absolute Gasteiger partial charge is 0.493 e. The number of hydrogen-bond acceptors (Lipinski definition) is 13. The summed E-state index contributed by atoms with van der Waals surface area (Å²) < 4.78 is 29.3. The van der Waals surface area contributed by atoms with Gasteiger partial charge in [0.15, 0.2) is 0 Å². The number of hydrogen-bond donors (Lipinski definition) is 8. The Bertz CT molecular complexity index is 2600. The van der Waals surface area contributed by atoms with Gasteiger partial charge in [0.2, 0.25) is 0 Å². The molecule has 5 aliphatic carbocycles. The predicted octanol–water partition coefficient (Wildman–Crippen LogP) is 18.9. The Morgan fingerprint density at radius 2 is 0.625 bits per heavy atom. The molecule has 96 heavy (non-hydrogen) atoms. The smallest absolute Gasteiger partial charge is 0.121 e. The molecule has 0 aliphatic heterocycles. The molecule has 5 aromatic carbocycles. The lowest BCUT2D eigenvalue weighted by Crippen LogP contribution is -2.24. The summed E-state index contributed by atoms with van der Waals surface area (Å²) in [5.74, 6) is 7.18. The molecule has 0 aromatic heterocycles. The van der Waals surface area contributed by atoms with Crippen LogP contribution >= 0.6 is 0 Å². The van der Waals surface area contributed by atoms with E-state index in [1.165, 1.54) is 64.2 Å². The van der Waals surface area contributed by atoms with Crippen LogP contribution in [0.1, 0.15) is 274 Å². The number of nitrogens with one attached hydrogen (secondary N) is 1. The van der Waals surface area contributed by atoms with E-state index in [2.05, 4.69) is 57.3 Å². The standard InChI is InChI=1S/3C17H26O3.C16H25NO.C16H24O2/c3*1-2-5-17(19)14-7-4-9-16(11-14)20-12-13-6-3-8-15(18)10-13;1-2-11-17-15-9-6-10-16(12-15)18-13-14-7-4-3-5-8-14;1-2-16(17)14-9-6-10-15(11-14)18-12-13-7-4-3-5-8-13/h3*4,7,9,11,13,15,17-19H,2-3,5-6,8,10,12H2,1H3;6,9-10,12,14,17H,2-5,7-8,11,13H2,1H3;6,9-11,13,16-17H,2-5,7-8,12H2,1H3/t13-,15+,17+;13-,15+,17-;13-,15-,17-;;/m011../s1. The third-order valence-corrected chi connectivity index (χ3v) is 19.6. The molecule has 0 saturated heterocycles. The minimum Gasteiger partial charge on any atom is -0.493 e. The lowest BCUT2D eigenvalue weighted by atomic mass is 9.88. The van der Waals surface area contributed by atoms with Crippen molar-refractivity contribution in [1.82, 2.24) is 0 Å². The predicted molar refractivity (Wildman–Crippen MR) is 390 cm³/mol. The van der Waals surface area contributed by atoms with Crippen LogP contribution in [0.4, 0.5) is 5.69 Å². The first kappa shape index (κ1) is 79.6. The highest BCUT2D eigenvalue weighted by atomic mass is 16.5. The SMILES string of the molecule is CCC(O)c1cccc(OCC2CCCCC2)c1.CCCNc1cccc(OCC2CCCCC2)c1.CCC[C@@H](O)c1cccc(OC[C@@H]2CCC[C@@H](O)C2)c1.CCC[C@@H](O)c1cccc(OC[C@@H]2CCC[C@H](O)C2)c1.CCC[C@@H](O)c1cccc(OC[C@H]2CCC[C@@H](O)C2)c1. The molecule has 5 saturated carbocycles. The maximum atomic E-state index is 10.0. The molecule has 5 aliphatic rings. The summed E-state index contributed by atoms with van der Waals surface area (Å²) in [6.07, 6.45) is 30.6. The number of anilines is 1. The highest BCUT2D eigenvalue weighted by molar-refractivity contribution is 5.48. The molecule has 10 atom stereocenters. The molecule has 0 amide bonds. The zero-order valence-electron chi connectivity index (χ0n) is 59.6. The summed E-state index contributed by atoms with van der Waals surface area (Å²) in [5.41, 5.74) is 4.89. The van der Waals surface area contributed by atoms with Crippen molar-refractivity contribution in [2.24, 2.45) is 29.6 Å². The second-order valence-electron chi connectivity index (χ2n) is 28.2. The van der Waals surface area contributed by atoms with Crippen molar-refractivity contribution in [3.05, 3.63) is 144 Å². The summed E-state index contributed by atoms with van der Waals surface area (Å²) in [6.45, 7) is 15.1. The monoisotopic (exact) mass is 1330 g/mol. The van der Waals surface area contributed by atoms with E-state index in [1.54, 1.807) is 0 Å². The van der Waals surface area contributed by atoms with E-state index < -0.39 is 18.3 Å². The second-order valence-corrected chi connectivity index (χ2v) is 28.2. The van der Waals surface area contributed by atoms with Gasteiger partial charge in [-0.3, -0.25) is 0 Å². The van der Waals surface area contributed by atoms with Crippen LogP contribution in [-0.4, -0.2) is 93.6 Å². The second kappa shape index (κ2) is 46.8. The third-order valence-electron chi connectivity index (χ3n) is 19.6. The van der Waals surface area contributed by atoms with Crippen LogP contribution in [0, 0.1) is 29.6 Å². The van der Waals surface area contributed by atoms with Gasteiger partial charge >= 0.3 is 0 Å². The minimum atomic E-state index is -0.403. The normalized spacial score (nSPS) is 21.8. The fraction of sp³-hybridized carbons (Fsp3) is 0.639. The molecule has 5 fully saturated rings. The number of aliphatic hydroxyl groups excluding tert-OH is 7. The molecule has 5 aromatic rings. The lowest BCUT2D eigenvalue weighted by Gasteiger charge is -2.25. The highest BCUT2D eigenvalue weighted by Crippen LogP contribution is 2.33. The Balaban J connectivity index is 0.000000190. The maximum Gasteiger partial charge on any atom is 0.121 e. The Labute approximate surface area is 579 Å².